The summed E-state index contributed by atoms with van der Waals surface area (Å²) in [6, 6.07) is 20.0. The monoisotopic (exact) mass is 595 g/mol. The van der Waals surface area contributed by atoms with Crippen LogP contribution in [0.15, 0.2) is 71.6 Å². The Morgan fingerprint density at radius 1 is 0.952 bits per heavy atom. The number of aromatic carboxylic acids is 1. The van der Waals surface area contributed by atoms with Crippen molar-refractivity contribution in [1.29, 1.82) is 0 Å². The molecule has 0 radical (unpaired) electrons. The van der Waals surface area contributed by atoms with E-state index in [-0.39, 0.29) is 11.3 Å². The van der Waals surface area contributed by atoms with E-state index in [1.807, 2.05) is 61.5 Å². The lowest BCUT2D eigenvalue weighted by Gasteiger charge is -2.44. The van der Waals surface area contributed by atoms with Crippen LogP contribution in [0.4, 0.5) is 5.69 Å². The van der Waals surface area contributed by atoms with Gasteiger partial charge in [0.1, 0.15) is 12.4 Å². The Balaban J connectivity index is 1.73. The number of hydrogen-bond acceptors (Lipinski definition) is 6. The molecule has 3 aromatic carbocycles. The van der Waals surface area contributed by atoms with Crippen LogP contribution in [0.25, 0.3) is 0 Å². The predicted molar refractivity (Wildman–Crippen MR) is 170 cm³/mol. The standard InChI is InChI=1S/C34H45NO6S/c1-5-7-19-34(20-8-6-2)23-42(39,40)30-18-15-27(35(3)4)21-29(30)31(32(34)36)25-13-16-28(17-14-25)41-22-24-9-11-26(12-10-24)33(37)38/h9-18,21,31-32,36,39-40H,5-8,19-20,22-23H2,1-4H3,(H,37,38). The largest absolute Gasteiger partial charge is 0.489 e. The fraction of sp³-hybridized carbons (Fsp3) is 0.441. The number of carboxylic acid groups (broad SMARTS) is 1. The third-order valence-corrected chi connectivity index (χ3v) is 10.6. The highest BCUT2D eigenvalue weighted by Gasteiger charge is 2.49. The number of carboxylic acids is 1. The van der Waals surface area contributed by atoms with E-state index in [1.54, 1.807) is 24.3 Å². The molecule has 1 aliphatic rings. The number of hydrogen-bond donors (Lipinski definition) is 4. The Labute approximate surface area is 251 Å². The van der Waals surface area contributed by atoms with E-state index >= 15 is 0 Å². The van der Waals surface area contributed by atoms with Gasteiger partial charge in [-0.2, -0.15) is 10.6 Å². The van der Waals surface area contributed by atoms with Crippen molar-refractivity contribution in [3.63, 3.8) is 0 Å². The number of benzene rings is 3. The van der Waals surface area contributed by atoms with E-state index in [2.05, 4.69) is 13.8 Å². The summed E-state index contributed by atoms with van der Waals surface area (Å²) in [4.78, 5) is 13.6. The van der Waals surface area contributed by atoms with Gasteiger partial charge >= 0.3 is 5.97 Å². The van der Waals surface area contributed by atoms with Crippen molar-refractivity contribution in [3.05, 3.63) is 89.0 Å². The molecule has 2 unspecified atom stereocenters. The van der Waals surface area contributed by atoms with Crippen LogP contribution in [-0.4, -0.2) is 51.2 Å². The molecule has 228 valence electrons. The lowest BCUT2D eigenvalue weighted by Crippen LogP contribution is -2.42. The van der Waals surface area contributed by atoms with Gasteiger partial charge in [0.25, 0.3) is 0 Å². The van der Waals surface area contributed by atoms with Crippen molar-refractivity contribution < 1.29 is 28.8 Å². The Bertz CT molecular complexity index is 1330. The number of carbonyl (C=O) groups is 1. The van der Waals surface area contributed by atoms with E-state index in [4.69, 9.17) is 9.84 Å². The first-order valence-corrected chi connectivity index (χ1v) is 16.5. The van der Waals surface area contributed by atoms with Gasteiger partial charge in [-0.15, -0.1) is 0 Å². The van der Waals surface area contributed by atoms with Crippen molar-refractivity contribution in [2.75, 3.05) is 24.7 Å². The fourth-order valence-electron chi connectivity index (χ4n) is 6.11. The molecule has 0 saturated heterocycles. The van der Waals surface area contributed by atoms with Gasteiger partial charge in [0, 0.05) is 31.1 Å². The van der Waals surface area contributed by atoms with Crippen molar-refractivity contribution >= 4 is 22.2 Å². The van der Waals surface area contributed by atoms with Gasteiger partial charge in [0.15, 0.2) is 0 Å². The second-order valence-corrected chi connectivity index (χ2v) is 13.8. The van der Waals surface area contributed by atoms with Gasteiger partial charge in [-0.3, -0.25) is 9.11 Å². The van der Waals surface area contributed by atoms with Crippen LogP contribution < -0.4 is 9.64 Å². The minimum Gasteiger partial charge on any atom is -0.489 e. The summed E-state index contributed by atoms with van der Waals surface area (Å²) in [5.41, 5.74) is 3.04. The normalized spacial score (nSPS) is 19.8. The van der Waals surface area contributed by atoms with Crippen LogP contribution in [0.2, 0.25) is 0 Å². The maximum Gasteiger partial charge on any atom is 0.335 e. The molecule has 0 fully saturated rings. The average Bonchev–Trinajstić information content (AvgIpc) is 3.04. The minimum absolute atomic E-state index is 0.161. The number of rotatable bonds is 12. The molecular weight excluding hydrogens is 550 g/mol. The summed E-state index contributed by atoms with van der Waals surface area (Å²) >= 11 is 0. The van der Waals surface area contributed by atoms with Crippen molar-refractivity contribution in [1.82, 2.24) is 0 Å². The zero-order valence-corrected chi connectivity index (χ0v) is 25.9. The molecular formula is C34H45NO6S. The molecule has 2 atom stereocenters. The average molecular weight is 596 g/mol. The molecule has 0 amide bonds. The van der Waals surface area contributed by atoms with Crippen LogP contribution >= 0.6 is 10.6 Å². The van der Waals surface area contributed by atoms with Gasteiger partial charge < -0.3 is 19.8 Å². The maximum absolute atomic E-state index is 12.4. The Morgan fingerprint density at radius 2 is 1.57 bits per heavy atom. The lowest BCUT2D eigenvalue weighted by molar-refractivity contribution is 0.0119. The quantitative estimate of drug-likeness (QED) is 0.168. The first kappa shape index (κ1) is 31.9. The van der Waals surface area contributed by atoms with Gasteiger partial charge in [-0.25, -0.2) is 4.79 Å². The lowest BCUT2D eigenvalue weighted by atomic mass is 9.68. The van der Waals surface area contributed by atoms with E-state index in [0.717, 1.165) is 60.9 Å². The van der Waals surface area contributed by atoms with Crippen LogP contribution in [0, 0.1) is 5.41 Å². The molecule has 7 nitrogen and oxygen atoms in total. The van der Waals surface area contributed by atoms with Gasteiger partial charge in [0.05, 0.1) is 22.3 Å². The molecule has 42 heavy (non-hydrogen) atoms. The molecule has 0 saturated carbocycles. The number of nitrogens with zero attached hydrogens (tertiary/aromatic N) is 1. The highest BCUT2D eigenvalue weighted by Crippen LogP contribution is 2.62. The van der Waals surface area contributed by atoms with Gasteiger partial charge in [0.2, 0.25) is 0 Å². The van der Waals surface area contributed by atoms with Gasteiger partial charge in [-0.1, -0.05) is 63.8 Å². The summed E-state index contributed by atoms with van der Waals surface area (Å²) in [6.45, 7) is 4.55. The number of aliphatic hydroxyl groups is 1. The van der Waals surface area contributed by atoms with E-state index in [9.17, 15) is 19.0 Å². The number of unbranched alkanes of at least 4 members (excludes halogenated alkanes) is 2. The molecule has 0 bridgehead atoms. The Morgan fingerprint density at radius 3 is 2.12 bits per heavy atom. The fourth-order valence-corrected chi connectivity index (χ4v) is 8.37. The summed E-state index contributed by atoms with van der Waals surface area (Å²) in [6.07, 6.45) is 4.40. The second-order valence-electron chi connectivity index (χ2n) is 11.8. The summed E-state index contributed by atoms with van der Waals surface area (Å²) < 4.78 is 29.4. The zero-order chi connectivity index (χ0) is 30.5. The maximum atomic E-state index is 12.4. The molecule has 4 rings (SSSR count). The van der Waals surface area contributed by atoms with E-state index in [0.29, 0.717) is 17.3 Å². The highest BCUT2D eigenvalue weighted by molar-refractivity contribution is 8.24. The molecule has 0 aliphatic carbocycles. The molecule has 0 aromatic heterocycles. The third kappa shape index (κ3) is 6.94. The SMILES string of the molecule is CCCCC1(CCCC)CS(O)(O)c2ccc(N(C)C)cc2C(c2ccc(OCc3ccc(C(=O)O)cc3)cc2)C1O. The summed E-state index contributed by atoms with van der Waals surface area (Å²) in [5.74, 6) is -0.597. The molecule has 1 heterocycles. The van der Waals surface area contributed by atoms with Gasteiger partial charge in [-0.05, 0) is 72.0 Å². The van der Waals surface area contributed by atoms with Crippen molar-refractivity contribution in [2.24, 2.45) is 5.41 Å². The summed E-state index contributed by atoms with van der Waals surface area (Å²) in [7, 11) is 0.750. The molecule has 4 N–H and O–H groups in total. The number of fused-ring (bicyclic) bond motifs is 1. The van der Waals surface area contributed by atoms with Crippen LogP contribution in [0.5, 0.6) is 5.75 Å². The zero-order valence-electron chi connectivity index (χ0n) is 25.1. The van der Waals surface area contributed by atoms with Crippen LogP contribution in [0.3, 0.4) is 0 Å². The van der Waals surface area contributed by atoms with Crippen molar-refractivity contribution in [2.45, 2.75) is 75.9 Å². The first-order valence-electron chi connectivity index (χ1n) is 14.8. The Kier molecular flexibility index (Phi) is 10.3. The Hall–Kier alpha value is -3.04. The molecule has 8 heteroatoms. The topological polar surface area (TPSA) is 110 Å². The smallest absolute Gasteiger partial charge is 0.335 e. The minimum atomic E-state index is -3.16. The van der Waals surface area contributed by atoms with Crippen LogP contribution in [0.1, 0.15) is 85.3 Å². The number of anilines is 1. The van der Waals surface area contributed by atoms with E-state index in [1.165, 1.54) is 0 Å². The van der Waals surface area contributed by atoms with Crippen LogP contribution in [-0.2, 0) is 6.61 Å². The molecule has 0 spiro atoms. The second kappa shape index (κ2) is 13.5. The third-order valence-electron chi connectivity index (χ3n) is 8.53. The van der Waals surface area contributed by atoms with Crippen molar-refractivity contribution in [3.8, 4) is 5.75 Å². The molecule has 1 aliphatic heterocycles. The highest BCUT2D eigenvalue weighted by atomic mass is 32.3. The number of ether oxygens (including phenoxy) is 1. The van der Waals surface area contributed by atoms with E-state index < -0.39 is 34.0 Å². The predicted octanol–water partition coefficient (Wildman–Crippen LogP) is 8.01. The number of aliphatic hydroxyl groups excluding tert-OH is 1. The summed E-state index contributed by atoms with van der Waals surface area (Å²) in [5, 5.41) is 21.5. The molecule has 3 aromatic rings. The first-order chi connectivity index (χ1) is 20.0.